The van der Waals surface area contributed by atoms with Crippen molar-refractivity contribution in [2.75, 3.05) is 13.1 Å². The van der Waals surface area contributed by atoms with Gasteiger partial charge < -0.3 is 0 Å². The fourth-order valence-corrected chi connectivity index (χ4v) is 2.49. The summed E-state index contributed by atoms with van der Waals surface area (Å²) in [6, 6.07) is 5.06. The Morgan fingerprint density at radius 3 is 2.29 bits per heavy atom. The zero-order valence-electron chi connectivity index (χ0n) is 9.38. The molecule has 1 aliphatic rings. The molecule has 1 heterocycles. The number of nitrogens with one attached hydrogen (secondary N) is 1. The minimum absolute atomic E-state index is 0.234. The molecule has 2 rings (SSSR count). The molecule has 0 bridgehead atoms. The van der Waals surface area contributed by atoms with E-state index >= 15 is 0 Å². The van der Waals surface area contributed by atoms with Crippen LogP contribution in [0.3, 0.4) is 0 Å². The van der Waals surface area contributed by atoms with Crippen molar-refractivity contribution in [2.24, 2.45) is 0 Å². The number of carbonyl (C=O) groups is 1. The van der Waals surface area contributed by atoms with Gasteiger partial charge in [-0.2, -0.15) is 0 Å². The predicted octanol–water partition coefficient (Wildman–Crippen LogP) is 3.12. The van der Waals surface area contributed by atoms with Crippen molar-refractivity contribution in [3.63, 3.8) is 0 Å². The number of benzene rings is 1. The summed E-state index contributed by atoms with van der Waals surface area (Å²) in [5, 5.41) is 2.69. The van der Waals surface area contributed by atoms with E-state index in [9.17, 15) is 4.79 Å². The average molecular weight is 273 g/mol. The number of amides is 1. The lowest BCUT2D eigenvalue weighted by atomic mass is 10.1. The third-order valence-corrected chi connectivity index (χ3v) is 3.44. The molecule has 1 aromatic carbocycles. The number of rotatable bonds is 2. The average Bonchev–Trinajstić information content (AvgIpc) is 2.30. The van der Waals surface area contributed by atoms with Gasteiger partial charge in [0, 0.05) is 13.1 Å². The summed E-state index contributed by atoms with van der Waals surface area (Å²) >= 11 is 12.0. The highest BCUT2D eigenvalue weighted by molar-refractivity contribution is 6.39. The first-order valence-corrected chi connectivity index (χ1v) is 6.44. The Labute approximate surface area is 111 Å². The minimum atomic E-state index is -0.234. The summed E-state index contributed by atoms with van der Waals surface area (Å²) < 4.78 is 0. The van der Waals surface area contributed by atoms with Crippen LogP contribution in [0.2, 0.25) is 10.0 Å². The normalized spacial score (nSPS) is 16.8. The summed E-state index contributed by atoms with van der Waals surface area (Å²) in [5.74, 6) is -0.234. The Hall–Kier alpha value is -0.770. The van der Waals surface area contributed by atoms with Crippen LogP contribution in [0.1, 0.15) is 29.6 Å². The van der Waals surface area contributed by atoms with Gasteiger partial charge in [-0.25, -0.2) is 5.01 Å². The van der Waals surface area contributed by atoms with Gasteiger partial charge >= 0.3 is 0 Å². The maximum Gasteiger partial charge on any atom is 0.268 e. The SMILES string of the molecule is O=C(NN1CCCCC1)c1c(Cl)cccc1Cl. The van der Waals surface area contributed by atoms with Crippen molar-refractivity contribution in [1.29, 1.82) is 0 Å². The van der Waals surface area contributed by atoms with E-state index in [-0.39, 0.29) is 5.91 Å². The van der Waals surface area contributed by atoms with E-state index in [0.29, 0.717) is 15.6 Å². The number of hydrogen-bond donors (Lipinski definition) is 1. The molecule has 1 N–H and O–H groups in total. The zero-order chi connectivity index (χ0) is 12.3. The number of carbonyl (C=O) groups excluding carboxylic acids is 1. The van der Waals surface area contributed by atoms with Gasteiger partial charge in [-0.3, -0.25) is 10.2 Å². The Kier molecular flexibility index (Phi) is 4.26. The second-order valence-corrected chi connectivity index (χ2v) is 4.90. The molecule has 0 saturated carbocycles. The number of hydrogen-bond acceptors (Lipinski definition) is 2. The summed E-state index contributed by atoms with van der Waals surface area (Å²) in [4.78, 5) is 12.0. The molecule has 0 radical (unpaired) electrons. The number of halogens is 2. The molecule has 17 heavy (non-hydrogen) atoms. The van der Waals surface area contributed by atoms with Crippen LogP contribution < -0.4 is 5.43 Å². The van der Waals surface area contributed by atoms with Crippen LogP contribution in [-0.2, 0) is 0 Å². The maximum absolute atomic E-state index is 12.0. The van der Waals surface area contributed by atoms with Gasteiger partial charge in [0.05, 0.1) is 15.6 Å². The monoisotopic (exact) mass is 272 g/mol. The minimum Gasteiger partial charge on any atom is -0.285 e. The first-order chi connectivity index (χ1) is 8.18. The van der Waals surface area contributed by atoms with Crippen LogP contribution >= 0.6 is 23.2 Å². The van der Waals surface area contributed by atoms with Crippen molar-refractivity contribution in [3.05, 3.63) is 33.8 Å². The number of piperidine rings is 1. The van der Waals surface area contributed by atoms with Crippen LogP contribution in [-0.4, -0.2) is 24.0 Å². The van der Waals surface area contributed by atoms with Gasteiger partial charge in [-0.1, -0.05) is 35.7 Å². The van der Waals surface area contributed by atoms with Gasteiger partial charge in [0.15, 0.2) is 0 Å². The molecule has 1 saturated heterocycles. The molecule has 0 atom stereocenters. The molecule has 1 aliphatic heterocycles. The molecule has 5 heteroatoms. The van der Waals surface area contributed by atoms with E-state index < -0.39 is 0 Å². The van der Waals surface area contributed by atoms with E-state index in [4.69, 9.17) is 23.2 Å². The number of hydrazine groups is 1. The van der Waals surface area contributed by atoms with E-state index in [1.54, 1.807) is 18.2 Å². The lowest BCUT2D eigenvalue weighted by Gasteiger charge is -2.27. The number of nitrogens with zero attached hydrogens (tertiary/aromatic N) is 1. The first kappa shape index (κ1) is 12.7. The molecule has 3 nitrogen and oxygen atoms in total. The smallest absolute Gasteiger partial charge is 0.268 e. The second-order valence-electron chi connectivity index (χ2n) is 4.09. The lowest BCUT2D eigenvalue weighted by Crippen LogP contribution is -2.45. The second kappa shape index (κ2) is 5.71. The van der Waals surface area contributed by atoms with E-state index in [1.165, 1.54) is 6.42 Å². The van der Waals surface area contributed by atoms with Crippen LogP contribution in [0.4, 0.5) is 0 Å². The molecule has 1 fully saturated rings. The quantitative estimate of drug-likeness (QED) is 0.897. The van der Waals surface area contributed by atoms with Crippen molar-refractivity contribution in [3.8, 4) is 0 Å². The molecular formula is C12H14Cl2N2O. The van der Waals surface area contributed by atoms with Crippen LogP contribution in [0.15, 0.2) is 18.2 Å². The highest BCUT2D eigenvalue weighted by atomic mass is 35.5. The topological polar surface area (TPSA) is 32.3 Å². The predicted molar refractivity (Wildman–Crippen MR) is 69.4 cm³/mol. The van der Waals surface area contributed by atoms with E-state index in [0.717, 1.165) is 25.9 Å². The fraction of sp³-hybridized carbons (Fsp3) is 0.417. The zero-order valence-corrected chi connectivity index (χ0v) is 10.9. The molecule has 0 unspecified atom stereocenters. The van der Waals surface area contributed by atoms with E-state index in [2.05, 4.69) is 5.43 Å². The fourth-order valence-electron chi connectivity index (χ4n) is 1.92. The van der Waals surface area contributed by atoms with Crippen molar-refractivity contribution in [1.82, 2.24) is 10.4 Å². The van der Waals surface area contributed by atoms with Gasteiger partial charge in [0.1, 0.15) is 0 Å². The molecule has 0 aliphatic carbocycles. The molecule has 92 valence electrons. The van der Waals surface area contributed by atoms with Crippen molar-refractivity contribution >= 4 is 29.1 Å². The van der Waals surface area contributed by atoms with Crippen LogP contribution in [0, 0.1) is 0 Å². The van der Waals surface area contributed by atoms with Gasteiger partial charge in [-0.15, -0.1) is 0 Å². The molecule has 0 spiro atoms. The summed E-state index contributed by atoms with van der Waals surface area (Å²) in [7, 11) is 0. The van der Waals surface area contributed by atoms with Gasteiger partial charge in [-0.05, 0) is 25.0 Å². The van der Waals surface area contributed by atoms with Crippen LogP contribution in [0.25, 0.3) is 0 Å². The summed E-state index contributed by atoms with van der Waals surface area (Å²) in [5.41, 5.74) is 3.19. The highest BCUT2D eigenvalue weighted by Gasteiger charge is 2.18. The maximum atomic E-state index is 12.0. The Morgan fingerprint density at radius 1 is 1.12 bits per heavy atom. The molecular weight excluding hydrogens is 259 g/mol. The molecule has 1 aromatic rings. The molecule has 0 aromatic heterocycles. The summed E-state index contributed by atoms with van der Waals surface area (Å²) in [6.45, 7) is 1.77. The third kappa shape index (κ3) is 3.12. The lowest BCUT2D eigenvalue weighted by molar-refractivity contribution is 0.0750. The Balaban J connectivity index is 2.08. The standard InChI is InChI=1S/C12H14Cl2N2O/c13-9-5-4-6-10(14)11(9)12(17)15-16-7-2-1-3-8-16/h4-6H,1-3,7-8H2,(H,15,17). The first-order valence-electron chi connectivity index (χ1n) is 5.68. The van der Waals surface area contributed by atoms with E-state index in [1.807, 2.05) is 5.01 Å². The van der Waals surface area contributed by atoms with Crippen molar-refractivity contribution in [2.45, 2.75) is 19.3 Å². The van der Waals surface area contributed by atoms with Gasteiger partial charge in [0.2, 0.25) is 0 Å². The van der Waals surface area contributed by atoms with Crippen molar-refractivity contribution < 1.29 is 4.79 Å². The Bertz CT molecular complexity index is 397. The van der Waals surface area contributed by atoms with Gasteiger partial charge in [0.25, 0.3) is 5.91 Å². The summed E-state index contributed by atoms with van der Waals surface area (Å²) in [6.07, 6.45) is 3.44. The highest BCUT2D eigenvalue weighted by Crippen LogP contribution is 2.24. The largest absolute Gasteiger partial charge is 0.285 e. The van der Waals surface area contributed by atoms with Crippen LogP contribution in [0.5, 0.6) is 0 Å². The Morgan fingerprint density at radius 2 is 1.71 bits per heavy atom. The third-order valence-electron chi connectivity index (χ3n) is 2.81. The molecule has 1 amide bonds.